The molecule has 76 valence electrons. The van der Waals surface area contributed by atoms with Crippen LogP contribution in [0.15, 0.2) is 12.1 Å². The summed E-state index contributed by atoms with van der Waals surface area (Å²) in [5.41, 5.74) is -0.712. The van der Waals surface area contributed by atoms with E-state index in [-0.39, 0.29) is 0 Å². The predicted molar refractivity (Wildman–Crippen MR) is 49.0 cm³/mol. The molecule has 1 nitrogen and oxygen atoms in total. The molecule has 14 heavy (non-hydrogen) atoms. The molecule has 1 atom stereocenters. The molecule has 0 aliphatic carbocycles. The lowest BCUT2D eigenvalue weighted by atomic mass is 10.1. The molecular weight excluding hydrogens is 261 g/mol. The van der Waals surface area contributed by atoms with Crippen LogP contribution in [-0.4, -0.2) is 10.6 Å². The molecule has 0 spiro atoms. The van der Waals surface area contributed by atoms with Gasteiger partial charge in [-0.25, -0.2) is 13.2 Å². The van der Waals surface area contributed by atoms with E-state index < -0.39 is 33.6 Å². The van der Waals surface area contributed by atoms with Gasteiger partial charge in [0, 0.05) is 12.1 Å². The third-order valence-corrected chi connectivity index (χ3v) is 2.03. The van der Waals surface area contributed by atoms with Gasteiger partial charge in [0.25, 0.3) is 0 Å². The Kier molecular flexibility index (Phi) is 3.31. The van der Waals surface area contributed by atoms with E-state index in [4.69, 9.17) is 0 Å². The Bertz CT molecular complexity index is 353. The van der Waals surface area contributed by atoms with Crippen molar-refractivity contribution in [3.05, 3.63) is 35.1 Å². The molecule has 0 aliphatic rings. The molecule has 0 saturated carbocycles. The van der Waals surface area contributed by atoms with E-state index in [0.29, 0.717) is 12.1 Å². The summed E-state index contributed by atoms with van der Waals surface area (Å²) in [6.45, 7) is 1.44. The van der Waals surface area contributed by atoms with Crippen LogP contribution in [0.25, 0.3) is 0 Å². The number of alkyl halides is 1. The molecule has 0 bridgehead atoms. The van der Waals surface area contributed by atoms with Crippen LogP contribution in [0.1, 0.15) is 17.3 Å². The van der Waals surface area contributed by atoms with Crippen molar-refractivity contribution in [1.29, 1.82) is 0 Å². The molecular formula is C9H6BrF3O. The maximum absolute atomic E-state index is 13.0. The Morgan fingerprint density at radius 2 is 1.71 bits per heavy atom. The number of hydrogen-bond acceptors (Lipinski definition) is 1. The highest BCUT2D eigenvalue weighted by molar-refractivity contribution is 9.10. The van der Waals surface area contributed by atoms with Crippen LogP contribution in [0.2, 0.25) is 0 Å². The summed E-state index contributed by atoms with van der Waals surface area (Å²) in [5.74, 6) is -4.16. The molecule has 0 fully saturated rings. The first-order chi connectivity index (χ1) is 6.43. The van der Waals surface area contributed by atoms with E-state index in [1.807, 2.05) is 0 Å². The predicted octanol–water partition coefficient (Wildman–Crippen LogP) is 3.07. The number of ketones is 1. The van der Waals surface area contributed by atoms with Crippen molar-refractivity contribution < 1.29 is 18.0 Å². The van der Waals surface area contributed by atoms with Crippen molar-refractivity contribution >= 4 is 21.7 Å². The fourth-order valence-corrected chi connectivity index (χ4v) is 1.21. The fourth-order valence-electron chi connectivity index (χ4n) is 0.976. The smallest absolute Gasteiger partial charge is 0.182 e. The lowest BCUT2D eigenvalue weighted by Crippen LogP contribution is -2.14. The number of rotatable bonds is 2. The van der Waals surface area contributed by atoms with Crippen LogP contribution >= 0.6 is 15.9 Å². The van der Waals surface area contributed by atoms with Crippen LogP contribution in [0.4, 0.5) is 13.2 Å². The van der Waals surface area contributed by atoms with Crippen LogP contribution in [-0.2, 0) is 0 Å². The Morgan fingerprint density at radius 3 is 2.07 bits per heavy atom. The van der Waals surface area contributed by atoms with Gasteiger partial charge in [0.1, 0.15) is 17.5 Å². The molecule has 5 heteroatoms. The summed E-state index contributed by atoms with van der Waals surface area (Å²) in [4.78, 5) is 10.5. The average Bonchev–Trinajstić information content (AvgIpc) is 2.01. The lowest BCUT2D eigenvalue weighted by molar-refractivity contribution is 0.0987. The van der Waals surface area contributed by atoms with Gasteiger partial charge in [0.15, 0.2) is 5.78 Å². The minimum atomic E-state index is -1.18. The summed E-state index contributed by atoms with van der Waals surface area (Å²) in [7, 11) is 0. The van der Waals surface area contributed by atoms with Gasteiger partial charge in [-0.15, -0.1) is 0 Å². The summed E-state index contributed by atoms with van der Waals surface area (Å²) in [5, 5.41) is 0. The van der Waals surface area contributed by atoms with Crippen LogP contribution < -0.4 is 0 Å². The normalized spacial score (nSPS) is 12.6. The molecule has 0 N–H and O–H groups in total. The largest absolute Gasteiger partial charge is 0.293 e. The molecule has 0 heterocycles. The van der Waals surface area contributed by atoms with E-state index in [1.54, 1.807) is 0 Å². The molecule has 0 saturated heterocycles. The van der Waals surface area contributed by atoms with E-state index in [2.05, 4.69) is 15.9 Å². The second kappa shape index (κ2) is 4.13. The Labute approximate surface area is 87.1 Å². The van der Waals surface area contributed by atoms with Gasteiger partial charge in [0.05, 0.1) is 10.4 Å². The average molecular weight is 267 g/mol. The molecule has 1 aromatic carbocycles. The fraction of sp³-hybridized carbons (Fsp3) is 0.222. The number of halogens is 4. The second-order valence-electron chi connectivity index (χ2n) is 2.72. The van der Waals surface area contributed by atoms with Crippen molar-refractivity contribution in [3.63, 3.8) is 0 Å². The van der Waals surface area contributed by atoms with E-state index in [9.17, 15) is 18.0 Å². The van der Waals surface area contributed by atoms with Crippen molar-refractivity contribution in [2.45, 2.75) is 11.8 Å². The van der Waals surface area contributed by atoms with Crippen LogP contribution in [0, 0.1) is 17.5 Å². The quantitative estimate of drug-likeness (QED) is 0.594. The number of Topliss-reactive ketones (excluding diaryl/α,β-unsaturated/α-hetero) is 1. The Balaban J connectivity index is 3.28. The van der Waals surface area contributed by atoms with Gasteiger partial charge in [-0.1, -0.05) is 15.9 Å². The van der Waals surface area contributed by atoms with Crippen LogP contribution in [0.3, 0.4) is 0 Å². The summed E-state index contributed by atoms with van der Waals surface area (Å²) in [6.07, 6.45) is 0. The van der Waals surface area contributed by atoms with Crippen LogP contribution in [0.5, 0.6) is 0 Å². The van der Waals surface area contributed by atoms with Crippen molar-refractivity contribution in [2.24, 2.45) is 0 Å². The molecule has 0 amide bonds. The monoisotopic (exact) mass is 266 g/mol. The van der Waals surface area contributed by atoms with Crippen molar-refractivity contribution in [2.75, 3.05) is 0 Å². The minimum Gasteiger partial charge on any atom is -0.293 e. The van der Waals surface area contributed by atoms with E-state index in [0.717, 1.165) is 0 Å². The third kappa shape index (κ3) is 2.15. The molecule has 0 aliphatic heterocycles. The van der Waals surface area contributed by atoms with E-state index >= 15 is 0 Å². The highest BCUT2D eigenvalue weighted by Gasteiger charge is 2.21. The maximum atomic E-state index is 13.0. The minimum absolute atomic E-state index is 0.478. The Hall–Kier alpha value is -0.840. The highest BCUT2D eigenvalue weighted by atomic mass is 79.9. The van der Waals surface area contributed by atoms with Crippen molar-refractivity contribution in [3.8, 4) is 0 Å². The topological polar surface area (TPSA) is 17.1 Å². The number of benzene rings is 1. The molecule has 0 radical (unpaired) electrons. The Morgan fingerprint density at radius 1 is 1.29 bits per heavy atom. The number of hydrogen-bond donors (Lipinski definition) is 0. The van der Waals surface area contributed by atoms with Crippen molar-refractivity contribution in [1.82, 2.24) is 0 Å². The first-order valence-corrected chi connectivity index (χ1v) is 4.68. The lowest BCUT2D eigenvalue weighted by Gasteiger charge is -2.05. The molecule has 0 unspecified atom stereocenters. The van der Waals surface area contributed by atoms with Gasteiger partial charge in [-0.3, -0.25) is 4.79 Å². The number of carbonyl (C=O) groups is 1. The zero-order valence-corrected chi connectivity index (χ0v) is 8.74. The SMILES string of the molecule is C[C@H](Br)C(=O)c1c(F)cc(F)cc1F. The third-order valence-electron chi connectivity index (χ3n) is 1.61. The first-order valence-electron chi connectivity index (χ1n) is 3.76. The molecule has 1 aromatic rings. The highest BCUT2D eigenvalue weighted by Crippen LogP contribution is 2.18. The zero-order valence-electron chi connectivity index (χ0n) is 7.15. The summed E-state index contributed by atoms with van der Waals surface area (Å²) in [6, 6.07) is 0.956. The zero-order chi connectivity index (χ0) is 10.9. The van der Waals surface area contributed by atoms with Gasteiger partial charge in [0.2, 0.25) is 0 Å². The molecule has 0 aromatic heterocycles. The summed E-state index contributed by atoms with van der Waals surface area (Å²) >= 11 is 2.89. The first kappa shape index (κ1) is 11.2. The molecule has 1 rings (SSSR count). The second-order valence-corrected chi connectivity index (χ2v) is 4.10. The van der Waals surface area contributed by atoms with Gasteiger partial charge < -0.3 is 0 Å². The summed E-state index contributed by atoms with van der Waals surface area (Å²) < 4.78 is 38.5. The van der Waals surface area contributed by atoms with Gasteiger partial charge in [-0.05, 0) is 6.92 Å². The van der Waals surface area contributed by atoms with Gasteiger partial charge >= 0.3 is 0 Å². The van der Waals surface area contributed by atoms with Gasteiger partial charge in [-0.2, -0.15) is 0 Å². The number of carbonyl (C=O) groups excluding carboxylic acids is 1. The van der Waals surface area contributed by atoms with E-state index in [1.165, 1.54) is 6.92 Å². The maximum Gasteiger partial charge on any atom is 0.182 e. The standard InChI is InChI=1S/C9H6BrF3O/c1-4(10)9(14)8-6(12)2-5(11)3-7(8)13/h2-4H,1H3/t4-/m0/s1.